The molecule has 1 saturated carbocycles. The summed E-state index contributed by atoms with van der Waals surface area (Å²) in [5, 5.41) is 0. The number of methoxy groups -OCH3 is 1. The molecular formula is C11H18O4. The molecule has 1 unspecified atom stereocenters. The van der Waals surface area contributed by atoms with E-state index in [1.54, 1.807) is 7.11 Å². The van der Waals surface area contributed by atoms with E-state index in [0.717, 1.165) is 0 Å². The summed E-state index contributed by atoms with van der Waals surface area (Å²) in [4.78, 5) is 22.8. The van der Waals surface area contributed by atoms with Gasteiger partial charge in [-0.2, -0.15) is 0 Å². The molecule has 0 spiro atoms. The predicted octanol–water partition coefficient (Wildman–Crippen LogP) is 0.834. The molecule has 1 aliphatic rings. The molecule has 1 aliphatic carbocycles. The monoisotopic (exact) mass is 214 g/mol. The smallest absolute Gasteiger partial charge is 0.144 e. The van der Waals surface area contributed by atoms with Crippen LogP contribution in [0.25, 0.3) is 0 Å². The van der Waals surface area contributed by atoms with Crippen LogP contribution in [0.15, 0.2) is 0 Å². The number of carbonyl (C=O) groups excluding carboxylic acids is 2. The van der Waals surface area contributed by atoms with Gasteiger partial charge in [-0.25, -0.2) is 0 Å². The van der Waals surface area contributed by atoms with Gasteiger partial charge in [0.05, 0.1) is 25.7 Å². The van der Waals surface area contributed by atoms with Crippen molar-refractivity contribution in [2.75, 3.05) is 26.9 Å². The van der Waals surface area contributed by atoms with Crippen LogP contribution >= 0.6 is 0 Å². The van der Waals surface area contributed by atoms with Crippen molar-refractivity contribution >= 4 is 11.6 Å². The van der Waals surface area contributed by atoms with Crippen LogP contribution in [0.2, 0.25) is 0 Å². The lowest BCUT2D eigenvalue weighted by Gasteiger charge is -2.16. The van der Waals surface area contributed by atoms with E-state index in [1.807, 2.05) is 6.92 Å². The summed E-state index contributed by atoms with van der Waals surface area (Å²) in [6, 6.07) is 0. The number of Topliss-reactive ketones (excluding diaryl/α,β-unsaturated/α-hetero) is 2. The van der Waals surface area contributed by atoms with Crippen molar-refractivity contribution in [1.29, 1.82) is 0 Å². The zero-order valence-electron chi connectivity index (χ0n) is 9.32. The Hall–Kier alpha value is -0.740. The van der Waals surface area contributed by atoms with Gasteiger partial charge in [0.1, 0.15) is 11.6 Å². The van der Waals surface area contributed by atoms with E-state index in [-0.39, 0.29) is 17.5 Å². The van der Waals surface area contributed by atoms with Crippen LogP contribution < -0.4 is 0 Å². The Morgan fingerprint density at radius 2 is 1.87 bits per heavy atom. The van der Waals surface area contributed by atoms with Gasteiger partial charge in [-0.15, -0.1) is 0 Å². The topological polar surface area (TPSA) is 52.6 Å². The van der Waals surface area contributed by atoms with Crippen molar-refractivity contribution in [3.05, 3.63) is 0 Å². The fraction of sp³-hybridized carbons (Fsp3) is 0.818. The van der Waals surface area contributed by atoms with Crippen LogP contribution in [-0.2, 0) is 19.1 Å². The molecule has 0 aromatic heterocycles. The number of carbonyl (C=O) groups is 2. The Bertz CT molecular complexity index is 221. The highest BCUT2D eigenvalue weighted by molar-refractivity contribution is 6.08. The molecule has 1 atom stereocenters. The minimum atomic E-state index is -0.424. The first kappa shape index (κ1) is 12.3. The fourth-order valence-corrected chi connectivity index (χ4v) is 1.88. The molecule has 0 radical (unpaired) electrons. The quantitative estimate of drug-likeness (QED) is 0.485. The van der Waals surface area contributed by atoms with E-state index in [0.29, 0.717) is 32.7 Å². The molecule has 0 amide bonds. The molecule has 0 saturated heterocycles. The standard InChI is InChI=1S/C11H18O4/c1-8(7-15-6-5-14-2)11-9(12)3-4-10(11)13/h8,11H,3-7H2,1-2H3. The Balaban J connectivity index is 2.29. The molecule has 15 heavy (non-hydrogen) atoms. The van der Waals surface area contributed by atoms with E-state index in [4.69, 9.17) is 9.47 Å². The highest BCUT2D eigenvalue weighted by Gasteiger charge is 2.36. The molecule has 0 aliphatic heterocycles. The van der Waals surface area contributed by atoms with Gasteiger partial charge in [0, 0.05) is 20.0 Å². The summed E-state index contributed by atoms with van der Waals surface area (Å²) in [6.07, 6.45) is 0.817. The third-order valence-corrected chi connectivity index (χ3v) is 2.69. The van der Waals surface area contributed by atoms with Crippen molar-refractivity contribution < 1.29 is 19.1 Å². The second kappa shape index (κ2) is 5.98. The van der Waals surface area contributed by atoms with E-state index in [1.165, 1.54) is 0 Å². The van der Waals surface area contributed by atoms with Crippen molar-refractivity contribution in [3.8, 4) is 0 Å². The molecule has 0 aromatic rings. The van der Waals surface area contributed by atoms with E-state index < -0.39 is 5.92 Å². The molecular weight excluding hydrogens is 196 g/mol. The molecule has 86 valence electrons. The van der Waals surface area contributed by atoms with Gasteiger partial charge in [-0.3, -0.25) is 9.59 Å². The lowest BCUT2D eigenvalue weighted by atomic mass is 9.92. The lowest BCUT2D eigenvalue weighted by Crippen LogP contribution is -2.26. The highest BCUT2D eigenvalue weighted by Crippen LogP contribution is 2.25. The Labute approximate surface area is 89.9 Å². The van der Waals surface area contributed by atoms with Crippen molar-refractivity contribution in [2.24, 2.45) is 11.8 Å². The SMILES string of the molecule is COCCOCC(C)C1C(=O)CCC1=O. The average molecular weight is 214 g/mol. The second-order valence-corrected chi connectivity index (χ2v) is 3.96. The summed E-state index contributed by atoms with van der Waals surface area (Å²) < 4.78 is 10.1. The van der Waals surface area contributed by atoms with Gasteiger partial charge < -0.3 is 9.47 Å². The third-order valence-electron chi connectivity index (χ3n) is 2.69. The summed E-state index contributed by atoms with van der Waals surface area (Å²) in [7, 11) is 1.61. The molecule has 4 nitrogen and oxygen atoms in total. The number of hydrogen-bond acceptors (Lipinski definition) is 4. The summed E-state index contributed by atoms with van der Waals surface area (Å²) >= 11 is 0. The summed E-state index contributed by atoms with van der Waals surface area (Å²) in [5.41, 5.74) is 0. The molecule has 0 aromatic carbocycles. The van der Waals surface area contributed by atoms with Crippen molar-refractivity contribution in [3.63, 3.8) is 0 Å². The maximum absolute atomic E-state index is 11.4. The first-order valence-corrected chi connectivity index (χ1v) is 5.29. The van der Waals surface area contributed by atoms with Gasteiger partial charge in [0.15, 0.2) is 0 Å². The average Bonchev–Trinajstić information content (AvgIpc) is 2.53. The largest absolute Gasteiger partial charge is 0.382 e. The van der Waals surface area contributed by atoms with E-state index in [2.05, 4.69) is 0 Å². The molecule has 0 heterocycles. The Kier molecular flexibility index (Phi) is 4.91. The van der Waals surface area contributed by atoms with E-state index >= 15 is 0 Å². The van der Waals surface area contributed by atoms with Gasteiger partial charge in [0.2, 0.25) is 0 Å². The minimum absolute atomic E-state index is 0.00986. The zero-order valence-corrected chi connectivity index (χ0v) is 9.32. The maximum Gasteiger partial charge on any atom is 0.144 e. The predicted molar refractivity (Wildman–Crippen MR) is 54.6 cm³/mol. The lowest BCUT2D eigenvalue weighted by molar-refractivity contribution is -0.130. The van der Waals surface area contributed by atoms with E-state index in [9.17, 15) is 9.59 Å². The highest BCUT2D eigenvalue weighted by atomic mass is 16.5. The van der Waals surface area contributed by atoms with Crippen molar-refractivity contribution in [2.45, 2.75) is 19.8 Å². The second-order valence-electron chi connectivity index (χ2n) is 3.96. The van der Waals surface area contributed by atoms with Gasteiger partial charge >= 0.3 is 0 Å². The number of ketones is 2. The van der Waals surface area contributed by atoms with Gasteiger partial charge in [0.25, 0.3) is 0 Å². The van der Waals surface area contributed by atoms with Crippen LogP contribution in [0.3, 0.4) is 0 Å². The van der Waals surface area contributed by atoms with Crippen LogP contribution in [0, 0.1) is 11.8 Å². The number of rotatable bonds is 6. The molecule has 0 N–H and O–H groups in total. The third kappa shape index (κ3) is 3.39. The molecule has 1 rings (SSSR count). The molecule has 4 heteroatoms. The maximum atomic E-state index is 11.4. The first-order valence-electron chi connectivity index (χ1n) is 5.29. The normalized spacial score (nSPS) is 19.9. The minimum Gasteiger partial charge on any atom is -0.382 e. The zero-order chi connectivity index (χ0) is 11.3. The van der Waals surface area contributed by atoms with Gasteiger partial charge in [-0.05, 0) is 5.92 Å². The Morgan fingerprint density at radius 1 is 1.27 bits per heavy atom. The fourth-order valence-electron chi connectivity index (χ4n) is 1.88. The molecule has 0 bridgehead atoms. The Morgan fingerprint density at radius 3 is 2.40 bits per heavy atom. The number of ether oxygens (including phenoxy) is 2. The number of hydrogen-bond donors (Lipinski definition) is 0. The first-order chi connectivity index (χ1) is 7.16. The van der Waals surface area contributed by atoms with Crippen molar-refractivity contribution in [1.82, 2.24) is 0 Å². The van der Waals surface area contributed by atoms with Crippen LogP contribution in [0.4, 0.5) is 0 Å². The summed E-state index contributed by atoms with van der Waals surface area (Å²) in [5.74, 6) is -0.289. The molecule has 1 fully saturated rings. The van der Waals surface area contributed by atoms with Crippen LogP contribution in [0.5, 0.6) is 0 Å². The van der Waals surface area contributed by atoms with Crippen LogP contribution in [-0.4, -0.2) is 38.5 Å². The van der Waals surface area contributed by atoms with Crippen LogP contribution in [0.1, 0.15) is 19.8 Å². The van der Waals surface area contributed by atoms with Gasteiger partial charge in [-0.1, -0.05) is 6.92 Å². The summed E-state index contributed by atoms with van der Waals surface area (Å²) in [6.45, 7) is 3.39.